The van der Waals surface area contributed by atoms with Crippen molar-refractivity contribution in [1.29, 1.82) is 0 Å². The topological polar surface area (TPSA) is 24.5 Å². The van der Waals surface area contributed by atoms with Crippen LogP contribution in [0.25, 0.3) is 0 Å². The normalized spacial score (nSPS) is 23.3. The van der Waals surface area contributed by atoms with Crippen molar-refractivity contribution in [3.63, 3.8) is 0 Å². The van der Waals surface area contributed by atoms with Crippen LogP contribution in [0.1, 0.15) is 48.5 Å². The van der Waals surface area contributed by atoms with Crippen LogP contribution in [-0.4, -0.2) is 48.3 Å². The molecule has 0 aromatic carbocycles. The van der Waals surface area contributed by atoms with Crippen LogP contribution in [0.4, 0.5) is 0 Å². The Morgan fingerprint density at radius 3 is 2.33 bits per heavy atom. The zero-order valence-corrected chi connectivity index (χ0v) is 13.3. The van der Waals surface area contributed by atoms with Crippen molar-refractivity contribution in [3.05, 3.63) is 0 Å². The number of morpholine rings is 1. The zero-order valence-electron chi connectivity index (χ0n) is 13.3. The molecule has 108 valence electrons. The molecule has 1 rings (SSSR count). The summed E-state index contributed by atoms with van der Waals surface area (Å²) in [6.07, 6.45) is 0. The van der Waals surface area contributed by atoms with Crippen LogP contribution in [0.3, 0.4) is 0 Å². The van der Waals surface area contributed by atoms with Gasteiger partial charge in [0.15, 0.2) is 0 Å². The van der Waals surface area contributed by atoms with E-state index in [-0.39, 0.29) is 11.1 Å². The van der Waals surface area contributed by atoms with Crippen molar-refractivity contribution in [2.75, 3.05) is 26.2 Å². The van der Waals surface area contributed by atoms with E-state index in [2.05, 4.69) is 58.7 Å². The summed E-state index contributed by atoms with van der Waals surface area (Å²) in [5.74, 6) is 0.661. The maximum absolute atomic E-state index is 5.81. The van der Waals surface area contributed by atoms with Gasteiger partial charge in [0.2, 0.25) is 0 Å². The van der Waals surface area contributed by atoms with Crippen LogP contribution in [0.2, 0.25) is 0 Å². The molecule has 1 aliphatic rings. The average molecular weight is 256 g/mol. The van der Waals surface area contributed by atoms with E-state index in [0.29, 0.717) is 12.0 Å². The fourth-order valence-electron chi connectivity index (χ4n) is 2.53. The first-order valence-electron chi connectivity index (χ1n) is 7.24. The molecule has 1 saturated heterocycles. The summed E-state index contributed by atoms with van der Waals surface area (Å²) in [6.45, 7) is 19.7. The molecule has 0 amide bonds. The van der Waals surface area contributed by atoms with Gasteiger partial charge in [-0.3, -0.25) is 4.90 Å². The third-order valence-electron chi connectivity index (χ3n) is 3.54. The molecule has 1 heterocycles. The van der Waals surface area contributed by atoms with Gasteiger partial charge in [0.05, 0.1) is 12.2 Å². The Balaban J connectivity index is 2.61. The maximum atomic E-state index is 5.81. The van der Waals surface area contributed by atoms with Gasteiger partial charge in [-0.25, -0.2) is 0 Å². The Hall–Kier alpha value is -0.120. The van der Waals surface area contributed by atoms with Crippen molar-refractivity contribution in [3.8, 4) is 0 Å². The smallest absolute Gasteiger partial charge is 0.0753 e. The van der Waals surface area contributed by atoms with Crippen molar-refractivity contribution in [2.24, 2.45) is 5.92 Å². The van der Waals surface area contributed by atoms with Gasteiger partial charge in [-0.15, -0.1) is 0 Å². The van der Waals surface area contributed by atoms with E-state index in [1.165, 1.54) is 0 Å². The summed E-state index contributed by atoms with van der Waals surface area (Å²) in [5, 5.41) is 3.65. The SMILES string of the molecule is CC(C)C(CNC(C)(C)C)N1CCOC(C)(C)C1. The summed E-state index contributed by atoms with van der Waals surface area (Å²) in [4.78, 5) is 2.59. The molecule has 1 N–H and O–H groups in total. The van der Waals surface area contributed by atoms with Gasteiger partial charge < -0.3 is 10.1 Å². The van der Waals surface area contributed by atoms with Gasteiger partial charge in [0.1, 0.15) is 0 Å². The Labute approximate surface area is 113 Å². The molecule has 1 atom stereocenters. The maximum Gasteiger partial charge on any atom is 0.0753 e. The Morgan fingerprint density at radius 2 is 1.89 bits per heavy atom. The predicted octanol–water partition coefficient (Wildman–Crippen LogP) is 2.51. The van der Waals surface area contributed by atoms with Crippen molar-refractivity contribution in [2.45, 2.75) is 65.6 Å². The molecule has 1 unspecified atom stereocenters. The van der Waals surface area contributed by atoms with Gasteiger partial charge >= 0.3 is 0 Å². The Morgan fingerprint density at radius 1 is 1.28 bits per heavy atom. The molecule has 3 heteroatoms. The summed E-state index contributed by atoms with van der Waals surface area (Å²) >= 11 is 0. The molecule has 3 nitrogen and oxygen atoms in total. The predicted molar refractivity (Wildman–Crippen MR) is 78.0 cm³/mol. The molecule has 0 radical (unpaired) electrons. The monoisotopic (exact) mass is 256 g/mol. The van der Waals surface area contributed by atoms with Crippen LogP contribution >= 0.6 is 0 Å². The highest BCUT2D eigenvalue weighted by Gasteiger charge is 2.32. The molecule has 0 spiro atoms. The van der Waals surface area contributed by atoms with Gasteiger partial charge in [-0.1, -0.05) is 13.8 Å². The van der Waals surface area contributed by atoms with Crippen molar-refractivity contribution < 1.29 is 4.74 Å². The minimum absolute atomic E-state index is 0.00682. The van der Waals surface area contributed by atoms with E-state index in [0.717, 1.165) is 26.2 Å². The molecule has 0 aromatic heterocycles. The lowest BCUT2D eigenvalue weighted by atomic mass is 9.97. The average Bonchev–Trinajstić information content (AvgIpc) is 2.13. The van der Waals surface area contributed by atoms with E-state index in [1.54, 1.807) is 0 Å². The number of hydrogen-bond donors (Lipinski definition) is 1. The van der Waals surface area contributed by atoms with Crippen LogP contribution in [0.15, 0.2) is 0 Å². The van der Waals surface area contributed by atoms with Crippen molar-refractivity contribution in [1.82, 2.24) is 10.2 Å². The second kappa shape index (κ2) is 5.89. The number of nitrogens with zero attached hydrogens (tertiary/aromatic N) is 1. The summed E-state index contributed by atoms with van der Waals surface area (Å²) in [6, 6.07) is 0.590. The molecule has 0 saturated carbocycles. The number of nitrogens with one attached hydrogen (secondary N) is 1. The fourth-order valence-corrected chi connectivity index (χ4v) is 2.53. The van der Waals surface area contributed by atoms with E-state index in [1.807, 2.05) is 0 Å². The largest absolute Gasteiger partial charge is 0.373 e. The van der Waals surface area contributed by atoms with Gasteiger partial charge in [-0.05, 0) is 40.5 Å². The van der Waals surface area contributed by atoms with Crippen LogP contribution in [0.5, 0.6) is 0 Å². The molecule has 0 bridgehead atoms. The van der Waals surface area contributed by atoms with Crippen LogP contribution < -0.4 is 5.32 Å². The second-order valence-corrected chi connectivity index (χ2v) is 7.52. The first kappa shape index (κ1) is 15.9. The summed E-state index contributed by atoms with van der Waals surface area (Å²) < 4.78 is 5.81. The zero-order chi connectivity index (χ0) is 14.0. The molecular weight excluding hydrogens is 224 g/mol. The van der Waals surface area contributed by atoms with Gasteiger partial charge in [-0.2, -0.15) is 0 Å². The van der Waals surface area contributed by atoms with Crippen molar-refractivity contribution >= 4 is 0 Å². The fraction of sp³-hybridized carbons (Fsp3) is 1.00. The van der Waals surface area contributed by atoms with Gasteiger partial charge in [0.25, 0.3) is 0 Å². The first-order valence-corrected chi connectivity index (χ1v) is 7.24. The summed E-state index contributed by atoms with van der Waals surface area (Å²) in [5.41, 5.74) is 0.183. The molecule has 0 aliphatic carbocycles. The minimum Gasteiger partial charge on any atom is -0.373 e. The van der Waals surface area contributed by atoms with Crippen LogP contribution in [-0.2, 0) is 4.74 Å². The highest BCUT2D eigenvalue weighted by atomic mass is 16.5. The van der Waals surface area contributed by atoms with E-state index in [4.69, 9.17) is 4.74 Å². The van der Waals surface area contributed by atoms with Crippen LogP contribution in [0, 0.1) is 5.92 Å². The second-order valence-electron chi connectivity index (χ2n) is 7.52. The Kier molecular flexibility index (Phi) is 5.22. The van der Waals surface area contributed by atoms with E-state index < -0.39 is 0 Å². The van der Waals surface area contributed by atoms with Gasteiger partial charge in [0, 0.05) is 31.2 Å². The lowest BCUT2D eigenvalue weighted by Gasteiger charge is -2.44. The molecule has 18 heavy (non-hydrogen) atoms. The standard InChI is InChI=1S/C15H32N2O/c1-12(2)13(10-16-14(3,4)5)17-8-9-18-15(6,7)11-17/h12-13,16H,8-11H2,1-7H3. The quantitative estimate of drug-likeness (QED) is 0.836. The lowest BCUT2D eigenvalue weighted by molar-refractivity contribution is -0.101. The highest BCUT2D eigenvalue weighted by Crippen LogP contribution is 2.21. The molecule has 0 aromatic rings. The minimum atomic E-state index is -0.00682. The van der Waals surface area contributed by atoms with E-state index >= 15 is 0 Å². The third-order valence-corrected chi connectivity index (χ3v) is 3.54. The Bertz CT molecular complexity index is 256. The number of rotatable bonds is 4. The summed E-state index contributed by atoms with van der Waals surface area (Å²) in [7, 11) is 0. The number of hydrogen-bond acceptors (Lipinski definition) is 3. The molecular formula is C15H32N2O. The number of ether oxygens (including phenoxy) is 1. The van der Waals surface area contributed by atoms with E-state index in [9.17, 15) is 0 Å². The third kappa shape index (κ3) is 5.25. The molecule has 1 fully saturated rings. The molecule has 1 aliphatic heterocycles. The lowest BCUT2D eigenvalue weighted by Crippen LogP contribution is -2.57. The highest BCUT2D eigenvalue weighted by molar-refractivity contribution is 4.87. The first-order chi connectivity index (χ1) is 8.11.